The minimum atomic E-state index is -3.18. The van der Waals surface area contributed by atoms with Gasteiger partial charge in [0.15, 0.2) is 15.7 Å². The summed E-state index contributed by atoms with van der Waals surface area (Å²) in [5, 5.41) is 4.10. The molecule has 2 fully saturated rings. The molecule has 0 bridgehead atoms. The van der Waals surface area contributed by atoms with Crippen molar-refractivity contribution in [2.24, 2.45) is 0 Å². The minimum absolute atomic E-state index is 0.305. The molecule has 1 aromatic carbocycles. The maximum atomic E-state index is 11.7. The number of anilines is 1. The largest absolute Gasteiger partial charge is 0.371 e. The van der Waals surface area contributed by atoms with Crippen LogP contribution in [0.5, 0.6) is 0 Å². The fourth-order valence-corrected chi connectivity index (χ4v) is 3.88. The van der Waals surface area contributed by atoms with Crippen LogP contribution >= 0.6 is 0 Å². The standard InChI is InChI=1S/C17H21N3O3S/c1-24(21,22)15-4-2-3-14(11-15)20-9-7-13(8-10-20)17-18-16(19-23-17)12-5-6-12/h2-4,11-13H,5-10H2,1H3. The van der Waals surface area contributed by atoms with Gasteiger partial charge in [0.2, 0.25) is 5.89 Å². The fraction of sp³-hybridized carbons (Fsp3) is 0.529. The molecule has 1 saturated heterocycles. The average Bonchev–Trinajstić information content (AvgIpc) is 3.32. The van der Waals surface area contributed by atoms with Gasteiger partial charge in [-0.3, -0.25) is 0 Å². The molecule has 2 aliphatic rings. The monoisotopic (exact) mass is 347 g/mol. The molecule has 0 atom stereocenters. The molecule has 128 valence electrons. The number of sulfone groups is 1. The van der Waals surface area contributed by atoms with Gasteiger partial charge in [-0.1, -0.05) is 11.2 Å². The second-order valence-electron chi connectivity index (χ2n) is 6.80. The molecule has 0 N–H and O–H groups in total. The molecule has 2 aromatic rings. The van der Waals surface area contributed by atoms with E-state index in [1.807, 2.05) is 6.07 Å². The first-order chi connectivity index (χ1) is 11.5. The Hall–Kier alpha value is -1.89. The summed E-state index contributed by atoms with van der Waals surface area (Å²) in [4.78, 5) is 7.16. The van der Waals surface area contributed by atoms with Gasteiger partial charge in [0.05, 0.1) is 4.90 Å². The van der Waals surface area contributed by atoms with Gasteiger partial charge in [0.25, 0.3) is 0 Å². The first-order valence-electron chi connectivity index (χ1n) is 8.39. The Bertz CT molecular complexity index is 834. The van der Waals surface area contributed by atoms with E-state index in [1.165, 1.54) is 19.1 Å². The highest BCUT2D eigenvalue weighted by Crippen LogP contribution is 2.39. The Morgan fingerprint density at radius 2 is 1.88 bits per heavy atom. The van der Waals surface area contributed by atoms with E-state index in [1.54, 1.807) is 18.2 Å². The van der Waals surface area contributed by atoms with E-state index in [9.17, 15) is 8.42 Å². The van der Waals surface area contributed by atoms with Crippen LogP contribution in [-0.4, -0.2) is 37.9 Å². The Kier molecular flexibility index (Phi) is 3.83. The van der Waals surface area contributed by atoms with Crippen molar-refractivity contribution in [3.8, 4) is 0 Å². The van der Waals surface area contributed by atoms with Gasteiger partial charge >= 0.3 is 0 Å². The van der Waals surface area contributed by atoms with Gasteiger partial charge in [-0.25, -0.2) is 8.42 Å². The SMILES string of the molecule is CS(=O)(=O)c1cccc(N2CCC(c3nc(C4CC4)no3)CC2)c1. The highest BCUT2D eigenvalue weighted by Gasteiger charge is 2.31. The molecule has 1 aliphatic heterocycles. The van der Waals surface area contributed by atoms with Gasteiger partial charge in [0, 0.05) is 36.9 Å². The summed E-state index contributed by atoms with van der Waals surface area (Å²) >= 11 is 0. The molecule has 0 radical (unpaired) electrons. The van der Waals surface area contributed by atoms with Gasteiger partial charge in [-0.2, -0.15) is 4.98 Å². The quantitative estimate of drug-likeness (QED) is 0.846. The van der Waals surface area contributed by atoms with Gasteiger partial charge < -0.3 is 9.42 Å². The van der Waals surface area contributed by atoms with E-state index < -0.39 is 9.84 Å². The van der Waals surface area contributed by atoms with Crippen LogP contribution in [0.2, 0.25) is 0 Å². The molecule has 6 nitrogen and oxygen atoms in total. The molecule has 0 unspecified atom stereocenters. The molecule has 0 spiro atoms. The van der Waals surface area contributed by atoms with E-state index in [4.69, 9.17) is 4.52 Å². The number of rotatable bonds is 4. The number of aromatic nitrogens is 2. The molecule has 1 aromatic heterocycles. The predicted octanol–water partition coefficient (Wildman–Crippen LogP) is 2.73. The minimum Gasteiger partial charge on any atom is -0.371 e. The van der Waals surface area contributed by atoms with Crippen molar-refractivity contribution >= 4 is 15.5 Å². The lowest BCUT2D eigenvalue weighted by Crippen LogP contribution is -2.33. The topological polar surface area (TPSA) is 76.3 Å². The van der Waals surface area contributed by atoms with E-state index in [0.29, 0.717) is 16.7 Å². The molecule has 24 heavy (non-hydrogen) atoms. The van der Waals surface area contributed by atoms with Crippen molar-refractivity contribution in [1.29, 1.82) is 0 Å². The van der Waals surface area contributed by atoms with Crippen LogP contribution < -0.4 is 4.90 Å². The van der Waals surface area contributed by atoms with Crippen molar-refractivity contribution in [3.05, 3.63) is 36.0 Å². The fourth-order valence-electron chi connectivity index (χ4n) is 3.22. The normalized spacial score (nSPS) is 19.6. The van der Waals surface area contributed by atoms with E-state index in [-0.39, 0.29) is 0 Å². The maximum Gasteiger partial charge on any atom is 0.229 e. The highest BCUT2D eigenvalue weighted by molar-refractivity contribution is 7.90. The van der Waals surface area contributed by atoms with Gasteiger partial charge in [-0.15, -0.1) is 0 Å². The maximum absolute atomic E-state index is 11.7. The van der Waals surface area contributed by atoms with Gasteiger partial charge in [-0.05, 0) is 43.9 Å². The molecule has 0 amide bonds. The van der Waals surface area contributed by atoms with Gasteiger partial charge in [0.1, 0.15) is 0 Å². The second kappa shape index (κ2) is 5.88. The van der Waals surface area contributed by atoms with Crippen LogP contribution in [0, 0.1) is 0 Å². The van der Waals surface area contributed by atoms with E-state index in [2.05, 4.69) is 15.0 Å². The summed E-state index contributed by atoms with van der Waals surface area (Å²) in [6.45, 7) is 1.72. The summed E-state index contributed by atoms with van der Waals surface area (Å²) in [6, 6.07) is 7.17. The van der Waals surface area contributed by atoms with Crippen LogP contribution in [0.3, 0.4) is 0 Å². The third kappa shape index (κ3) is 3.17. The van der Waals surface area contributed by atoms with Crippen molar-refractivity contribution in [3.63, 3.8) is 0 Å². The lowest BCUT2D eigenvalue weighted by Gasteiger charge is -2.32. The summed E-state index contributed by atoms with van der Waals surface area (Å²) in [5.41, 5.74) is 0.959. The van der Waals surface area contributed by atoms with Crippen LogP contribution in [0.4, 0.5) is 5.69 Å². The van der Waals surface area contributed by atoms with Crippen LogP contribution in [0.15, 0.2) is 33.7 Å². The zero-order valence-corrected chi connectivity index (χ0v) is 14.5. The van der Waals surface area contributed by atoms with Crippen LogP contribution in [0.1, 0.15) is 49.2 Å². The number of hydrogen-bond donors (Lipinski definition) is 0. The lowest BCUT2D eigenvalue weighted by molar-refractivity contribution is 0.327. The molecule has 1 saturated carbocycles. The van der Waals surface area contributed by atoms with Crippen LogP contribution in [0.25, 0.3) is 0 Å². The molecule has 1 aliphatic carbocycles. The summed E-state index contributed by atoms with van der Waals surface area (Å²) in [5.74, 6) is 2.45. The lowest BCUT2D eigenvalue weighted by atomic mass is 9.96. The van der Waals surface area contributed by atoms with Crippen molar-refractivity contribution in [2.75, 3.05) is 24.2 Å². The number of hydrogen-bond acceptors (Lipinski definition) is 6. The van der Waals surface area contributed by atoms with E-state index in [0.717, 1.165) is 43.3 Å². The third-order valence-electron chi connectivity index (χ3n) is 4.86. The van der Waals surface area contributed by atoms with Crippen molar-refractivity contribution in [1.82, 2.24) is 10.1 Å². The Labute approximate surface area is 141 Å². The first-order valence-corrected chi connectivity index (χ1v) is 10.3. The van der Waals surface area contributed by atoms with E-state index >= 15 is 0 Å². The first kappa shape index (κ1) is 15.6. The molecular formula is C17H21N3O3S. The Morgan fingerprint density at radius 3 is 2.54 bits per heavy atom. The van der Waals surface area contributed by atoms with Crippen molar-refractivity contribution < 1.29 is 12.9 Å². The Balaban J connectivity index is 1.44. The zero-order chi connectivity index (χ0) is 16.7. The van der Waals surface area contributed by atoms with Crippen LogP contribution in [-0.2, 0) is 9.84 Å². The third-order valence-corrected chi connectivity index (χ3v) is 5.97. The summed E-state index contributed by atoms with van der Waals surface area (Å²) < 4.78 is 28.9. The number of nitrogens with zero attached hydrogens (tertiary/aromatic N) is 3. The highest BCUT2D eigenvalue weighted by atomic mass is 32.2. The smallest absolute Gasteiger partial charge is 0.229 e. The predicted molar refractivity (Wildman–Crippen MR) is 90.0 cm³/mol. The summed E-state index contributed by atoms with van der Waals surface area (Å²) in [7, 11) is -3.18. The molecule has 4 rings (SSSR count). The molecular weight excluding hydrogens is 326 g/mol. The number of benzene rings is 1. The molecule has 2 heterocycles. The Morgan fingerprint density at radius 1 is 1.12 bits per heavy atom. The second-order valence-corrected chi connectivity index (χ2v) is 8.81. The average molecular weight is 347 g/mol. The number of piperidine rings is 1. The molecule has 7 heteroatoms. The zero-order valence-electron chi connectivity index (χ0n) is 13.7. The summed E-state index contributed by atoms with van der Waals surface area (Å²) in [6.07, 6.45) is 5.47. The van der Waals surface area contributed by atoms with Crippen molar-refractivity contribution in [2.45, 2.75) is 42.4 Å².